The molecule has 1 heterocycles. The molecule has 0 amide bonds. The molecule has 0 unspecified atom stereocenters. The maximum absolute atomic E-state index is 3.25. The first-order valence-corrected chi connectivity index (χ1v) is 3.90. The zero-order valence-corrected chi connectivity index (χ0v) is 7.65. The van der Waals surface area contributed by atoms with Crippen molar-refractivity contribution in [2.45, 2.75) is 26.3 Å². The van der Waals surface area contributed by atoms with Gasteiger partial charge in [0, 0.05) is 11.4 Å². The van der Waals surface area contributed by atoms with Gasteiger partial charge in [-0.25, -0.2) is 0 Å². The summed E-state index contributed by atoms with van der Waals surface area (Å²) in [6.45, 7) is 6.30. The number of rotatable bonds is 1. The van der Waals surface area contributed by atoms with Gasteiger partial charge in [-0.3, -0.25) is 0 Å². The number of likely N-dealkylation sites (N-methyl/N-ethyl adjacent to an activating group) is 1. The molecule has 2 N–H and O–H groups in total. The van der Waals surface area contributed by atoms with E-state index in [0.717, 1.165) is 0 Å². The van der Waals surface area contributed by atoms with Crippen LogP contribution in [0.1, 0.15) is 20.8 Å². The molecular weight excluding hydrogens is 136 g/mol. The predicted octanol–water partition coefficient (Wildman–Crippen LogP) is 1.38. The summed E-state index contributed by atoms with van der Waals surface area (Å²) < 4.78 is 0. The van der Waals surface area contributed by atoms with E-state index in [1.165, 1.54) is 11.4 Å². The Labute approximate surface area is 68.4 Å². The SMILES string of the molecule is CNC1(C)C=C(C)NC(C)=C1. The Morgan fingerprint density at radius 1 is 1.27 bits per heavy atom. The van der Waals surface area contributed by atoms with Crippen molar-refractivity contribution < 1.29 is 0 Å². The third-order valence-electron chi connectivity index (χ3n) is 1.97. The second-order valence-corrected chi connectivity index (χ2v) is 3.31. The molecule has 0 bridgehead atoms. The highest BCUT2D eigenvalue weighted by atomic mass is 15.0. The Bertz CT molecular complexity index is 196. The van der Waals surface area contributed by atoms with E-state index in [0.29, 0.717) is 0 Å². The molecule has 0 spiro atoms. The quantitative estimate of drug-likeness (QED) is 0.593. The normalized spacial score (nSPS) is 21.8. The van der Waals surface area contributed by atoms with Crippen LogP contribution in [0.3, 0.4) is 0 Å². The molecule has 0 aliphatic carbocycles. The highest BCUT2D eigenvalue weighted by Gasteiger charge is 2.19. The first-order valence-electron chi connectivity index (χ1n) is 3.90. The third kappa shape index (κ3) is 1.84. The van der Waals surface area contributed by atoms with Gasteiger partial charge >= 0.3 is 0 Å². The lowest BCUT2D eigenvalue weighted by molar-refractivity contribution is 0.563. The average molecular weight is 152 g/mol. The highest BCUT2D eigenvalue weighted by molar-refractivity contribution is 5.28. The number of dihydropyridines is 1. The molecule has 0 radical (unpaired) electrons. The van der Waals surface area contributed by atoms with Gasteiger partial charge in [-0.05, 0) is 40.0 Å². The molecule has 62 valence electrons. The lowest BCUT2D eigenvalue weighted by Crippen LogP contribution is -2.39. The van der Waals surface area contributed by atoms with Crippen molar-refractivity contribution in [3.8, 4) is 0 Å². The van der Waals surface area contributed by atoms with Gasteiger partial charge < -0.3 is 10.6 Å². The van der Waals surface area contributed by atoms with Gasteiger partial charge in [0.2, 0.25) is 0 Å². The first kappa shape index (κ1) is 8.34. The van der Waals surface area contributed by atoms with Crippen LogP contribution in [0.4, 0.5) is 0 Å². The molecule has 1 aliphatic heterocycles. The number of hydrogen-bond donors (Lipinski definition) is 2. The van der Waals surface area contributed by atoms with Gasteiger partial charge in [0.25, 0.3) is 0 Å². The van der Waals surface area contributed by atoms with Gasteiger partial charge in [0.15, 0.2) is 0 Å². The fraction of sp³-hybridized carbons (Fsp3) is 0.556. The van der Waals surface area contributed by atoms with Crippen molar-refractivity contribution in [1.82, 2.24) is 10.6 Å². The third-order valence-corrected chi connectivity index (χ3v) is 1.97. The lowest BCUT2D eigenvalue weighted by atomic mass is 9.97. The van der Waals surface area contributed by atoms with Crippen molar-refractivity contribution in [1.29, 1.82) is 0 Å². The van der Waals surface area contributed by atoms with Crippen molar-refractivity contribution in [3.63, 3.8) is 0 Å². The van der Waals surface area contributed by atoms with Gasteiger partial charge in [-0.1, -0.05) is 0 Å². The maximum Gasteiger partial charge on any atom is 0.0558 e. The molecule has 0 aromatic rings. The van der Waals surface area contributed by atoms with E-state index >= 15 is 0 Å². The Morgan fingerprint density at radius 2 is 1.73 bits per heavy atom. The molecule has 11 heavy (non-hydrogen) atoms. The van der Waals surface area contributed by atoms with Crippen molar-refractivity contribution in [2.75, 3.05) is 7.05 Å². The van der Waals surface area contributed by atoms with Crippen LogP contribution in [0.5, 0.6) is 0 Å². The van der Waals surface area contributed by atoms with Crippen molar-refractivity contribution in [2.24, 2.45) is 0 Å². The smallest absolute Gasteiger partial charge is 0.0558 e. The van der Waals surface area contributed by atoms with E-state index in [-0.39, 0.29) is 5.54 Å². The zero-order valence-electron chi connectivity index (χ0n) is 7.65. The maximum atomic E-state index is 3.25. The molecule has 2 nitrogen and oxygen atoms in total. The van der Waals surface area contributed by atoms with Crippen LogP contribution >= 0.6 is 0 Å². The molecule has 1 rings (SSSR count). The molecule has 0 aromatic carbocycles. The summed E-state index contributed by atoms with van der Waals surface area (Å²) in [4.78, 5) is 0. The molecule has 0 atom stereocenters. The number of allylic oxidation sites excluding steroid dienone is 2. The summed E-state index contributed by atoms with van der Waals surface area (Å²) in [6, 6.07) is 0. The molecule has 0 saturated carbocycles. The van der Waals surface area contributed by atoms with Crippen LogP contribution in [0.2, 0.25) is 0 Å². The van der Waals surface area contributed by atoms with E-state index in [1.807, 2.05) is 7.05 Å². The molecule has 0 aromatic heterocycles. The van der Waals surface area contributed by atoms with Gasteiger partial charge in [-0.15, -0.1) is 0 Å². The lowest BCUT2D eigenvalue weighted by Gasteiger charge is -2.28. The van der Waals surface area contributed by atoms with Crippen LogP contribution in [0.25, 0.3) is 0 Å². The van der Waals surface area contributed by atoms with Gasteiger partial charge in [0.05, 0.1) is 5.54 Å². The monoisotopic (exact) mass is 152 g/mol. The van der Waals surface area contributed by atoms with E-state index < -0.39 is 0 Å². The zero-order chi connectivity index (χ0) is 8.48. The standard InChI is InChI=1S/C9H16N2/c1-7-5-9(3,10-4)6-8(2)11-7/h5-6,10-11H,1-4H3. The number of hydrogen-bond acceptors (Lipinski definition) is 2. The second-order valence-electron chi connectivity index (χ2n) is 3.31. The Morgan fingerprint density at radius 3 is 2.09 bits per heavy atom. The summed E-state index contributed by atoms with van der Waals surface area (Å²) >= 11 is 0. The molecular formula is C9H16N2. The molecule has 1 aliphatic rings. The fourth-order valence-corrected chi connectivity index (χ4v) is 1.47. The summed E-state index contributed by atoms with van der Waals surface area (Å²) in [5.41, 5.74) is 2.45. The minimum absolute atomic E-state index is 0.0272. The summed E-state index contributed by atoms with van der Waals surface area (Å²) in [7, 11) is 1.97. The van der Waals surface area contributed by atoms with E-state index in [9.17, 15) is 0 Å². The van der Waals surface area contributed by atoms with Gasteiger partial charge in [-0.2, -0.15) is 0 Å². The van der Waals surface area contributed by atoms with Crippen LogP contribution in [0.15, 0.2) is 23.5 Å². The van der Waals surface area contributed by atoms with Crippen LogP contribution in [0, 0.1) is 0 Å². The van der Waals surface area contributed by atoms with Crippen LogP contribution in [-0.2, 0) is 0 Å². The minimum Gasteiger partial charge on any atom is -0.363 e. The molecule has 0 saturated heterocycles. The summed E-state index contributed by atoms with van der Waals surface area (Å²) in [6.07, 6.45) is 4.36. The van der Waals surface area contributed by atoms with Crippen LogP contribution < -0.4 is 10.6 Å². The topological polar surface area (TPSA) is 24.1 Å². The van der Waals surface area contributed by atoms with Gasteiger partial charge in [0.1, 0.15) is 0 Å². The molecule has 2 heteroatoms. The van der Waals surface area contributed by atoms with Crippen LogP contribution in [-0.4, -0.2) is 12.6 Å². The van der Waals surface area contributed by atoms with Crippen molar-refractivity contribution in [3.05, 3.63) is 23.5 Å². The number of nitrogens with one attached hydrogen (secondary N) is 2. The van der Waals surface area contributed by atoms with Crippen molar-refractivity contribution >= 4 is 0 Å². The van der Waals surface area contributed by atoms with E-state index in [4.69, 9.17) is 0 Å². The Kier molecular flexibility index (Phi) is 2.05. The minimum atomic E-state index is 0.0272. The molecule has 0 fully saturated rings. The summed E-state index contributed by atoms with van der Waals surface area (Å²) in [5, 5.41) is 6.50. The van der Waals surface area contributed by atoms with E-state index in [2.05, 4.69) is 43.6 Å². The average Bonchev–Trinajstić information content (AvgIpc) is 1.84. The second kappa shape index (κ2) is 2.70. The fourth-order valence-electron chi connectivity index (χ4n) is 1.47. The Hall–Kier alpha value is -0.760. The highest BCUT2D eigenvalue weighted by Crippen LogP contribution is 2.16. The van der Waals surface area contributed by atoms with E-state index in [1.54, 1.807) is 0 Å². The largest absolute Gasteiger partial charge is 0.363 e. The Balaban J connectivity index is 2.89. The first-order chi connectivity index (χ1) is 5.06. The summed E-state index contributed by atoms with van der Waals surface area (Å²) in [5.74, 6) is 0. The predicted molar refractivity (Wildman–Crippen MR) is 48.1 cm³/mol.